The van der Waals surface area contributed by atoms with E-state index in [4.69, 9.17) is 4.42 Å². The van der Waals surface area contributed by atoms with Crippen molar-refractivity contribution in [2.24, 2.45) is 0 Å². The van der Waals surface area contributed by atoms with Crippen LogP contribution in [0.1, 0.15) is 28.4 Å². The summed E-state index contributed by atoms with van der Waals surface area (Å²) in [5.41, 5.74) is 2.13. The van der Waals surface area contributed by atoms with Crippen molar-refractivity contribution in [2.75, 3.05) is 0 Å². The molecule has 1 N–H and O–H groups in total. The van der Waals surface area contributed by atoms with Gasteiger partial charge in [0.15, 0.2) is 0 Å². The maximum Gasteiger partial charge on any atom is 0.134 e. The Kier molecular flexibility index (Phi) is 3.36. The third-order valence-electron chi connectivity index (χ3n) is 3.17. The smallest absolute Gasteiger partial charge is 0.134 e. The predicted molar refractivity (Wildman–Crippen MR) is 78.3 cm³/mol. The quantitative estimate of drug-likeness (QED) is 0.778. The van der Waals surface area contributed by atoms with Gasteiger partial charge in [0.25, 0.3) is 0 Å². The van der Waals surface area contributed by atoms with Crippen LogP contribution in [0.3, 0.4) is 0 Å². The number of benzene rings is 1. The summed E-state index contributed by atoms with van der Waals surface area (Å²) in [7, 11) is 0. The molecule has 2 aromatic heterocycles. The van der Waals surface area contributed by atoms with Gasteiger partial charge in [0.05, 0.1) is 12.3 Å². The average Bonchev–Trinajstić information content (AvgIpc) is 3.02. The largest absolute Gasteiger partial charge is 0.464 e. The third kappa shape index (κ3) is 2.55. The molecule has 0 aliphatic carbocycles. The molecule has 3 rings (SSSR count). The molecule has 0 aliphatic heterocycles. The van der Waals surface area contributed by atoms with Crippen molar-refractivity contribution in [2.45, 2.75) is 26.4 Å². The minimum absolute atomic E-state index is 0.257. The van der Waals surface area contributed by atoms with Gasteiger partial charge in [-0.05, 0) is 19.9 Å². The molecule has 0 bridgehead atoms. The zero-order valence-electron chi connectivity index (χ0n) is 11.0. The van der Waals surface area contributed by atoms with Crippen molar-refractivity contribution in [3.05, 3.63) is 52.2 Å². The fourth-order valence-corrected chi connectivity index (χ4v) is 2.89. The van der Waals surface area contributed by atoms with Gasteiger partial charge in [-0.25, -0.2) is 4.98 Å². The second-order valence-corrected chi connectivity index (χ2v) is 5.94. The number of furan rings is 1. The van der Waals surface area contributed by atoms with E-state index in [9.17, 15) is 0 Å². The molecule has 0 saturated heterocycles. The van der Waals surface area contributed by atoms with E-state index >= 15 is 0 Å². The zero-order valence-corrected chi connectivity index (χ0v) is 11.8. The minimum Gasteiger partial charge on any atom is -0.464 e. The fraction of sp³-hybridized carbons (Fsp3) is 0.267. The highest BCUT2D eigenvalue weighted by Crippen LogP contribution is 2.23. The van der Waals surface area contributed by atoms with E-state index in [1.54, 1.807) is 11.3 Å². The zero-order chi connectivity index (χ0) is 13.2. The molecule has 1 unspecified atom stereocenters. The van der Waals surface area contributed by atoms with E-state index in [1.807, 2.05) is 30.7 Å². The van der Waals surface area contributed by atoms with Gasteiger partial charge in [-0.3, -0.25) is 0 Å². The first-order valence-corrected chi connectivity index (χ1v) is 7.16. The van der Waals surface area contributed by atoms with Gasteiger partial charge in [0, 0.05) is 28.6 Å². The summed E-state index contributed by atoms with van der Waals surface area (Å²) in [5.74, 6) is 0. The molecule has 3 aromatic rings. The molecule has 0 saturated carbocycles. The lowest BCUT2D eigenvalue weighted by Gasteiger charge is -2.10. The number of hydrogen-bond acceptors (Lipinski definition) is 4. The number of nitrogens with zero attached hydrogens (tertiary/aromatic N) is 1. The lowest BCUT2D eigenvalue weighted by Crippen LogP contribution is -2.17. The van der Waals surface area contributed by atoms with E-state index in [0.29, 0.717) is 0 Å². The summed E-state index contributed by atoms with van der Waals surface area (Å²) in [6, 6.07) is 8.37. The first-order valence-electron chi connectivity index (χ1n) is 6.35. The molecule has 0 aliphatic rings. The number of thiazole rings is 1. The minimum atomic E-state index is 0.257. The molecular formula is C15H16N2OS. The molecule has 2 heterocycles. The highest BCUT2D eigenvalue weighted by atomic mass is 32.1. The summed E-state index contributed by atoms with van der Waals surface area (Å²) >= 11 is 1.74. The number of para-hydroxylation sites is 1. The Labute approximate surface area is 116 Å². The van der Waals surface area contributed by atoms with Gasteiger partial charge < -0.3 is 9.73 Å². The molecule has 3 nitrogen and oxygen atoms in total. The van der Waals surface area contributed by atoms with E-state index in [0.717, 1.165) is 17.1 Å². The van der Waals surface area contributed by atoms with Gasteiger partial charge in [0.1, 0.15) is 10.6 Å². The highest BCUT2D eigenvalue weighted by molar-refractivity contribution is 7.11. The van der Waals surface area contributed by atoms with E-state index in [1.165, 1.54) is 15.8 Å². The highest BCUT2D eigenvalue weighted by Gasteiger charge is 2.10. The maximum absolute atomic E-state index is 5.54. The Morgan fingerprint density at radius 1 is 1.37 bits per heavy atom. The Hall–Kier alpha value is -1.65. The predicted octanol–water partition coefficient (Wildman–Crippen LogP) is 4.05. The molecule has 0 fully saturated rings. The van der Waals surface area contributed by atoms with Crippen molar-refractivity contribution < 1.29 is 4.42 Å². The summed E-state index contributed by atoms with van der Waals surface area (Å²) in [4.78, 5) is 5.66. The summed E-state index contributed by atoms with van der Waals surface area (Å²) in [6.07, 6.45) is 3.75. The number of nitrogens with one attached hydrogen (secondary N) is 1. The van der Waals surface area contributed by atoms with Crippen LogP contribution in [0, 0.1) is 6.92 Å². The average molecular weight is 272 g/mol. The monoisotopic (exact) mass is 272 g/mol. The molecule has 98 valence electrons. The molecule has 1 aromatic carbocycles. The SMILES string of the molecule is Cc1cnc(C(C)NCc2coc3ccccc23)s1. The number of aryl methyl sites for hydroxylation is 1. The Morgan fingerprint density at radius 2 is 2.21 bits per heavy atom. The molecule has 4 heteroatoms. The van der Waals surface area contributed by atoms with Crippen LogP contribution >= 0.6 is 11.3 Å². The van der Waals surface area contributed by atoms with E-state index in [-0.39, 0.29) is 6.04 Å². The van der Waals surface area contributed by atoms with Crippen LogP contribution in [-0.4, -0.2) is 4.98 Å². The second kappa shape index (κ2) is 5.15. The molecule has 0 spiro atoms. The van der Waals surface area contributed by atoms with Crippen molar-refractivity contribution in [1.82, 2.24) is 10.3 Å². The van der Waals surface area contributed by atoms with Crippen LogP contribution in [0.25, 0.3) is 11.0 Å². The normalized spacial score (nSPS) is 12.9. The van der Waals surface area contributed by atoms with Gasteiger partial charge in [-0.2, -0.15) is 0 Å². The first kappa shape index (κ1) is 12.4. The summed E-state index contributed by atoms with van der Waals surface area (Å²) < 4.78 is 5.54. The van der Waals surface area contributed by atoms with Crippen LogP contribution in [0.15, 0.2) is 41.1 Å². The van der Waals surface area contributed by atoms with Crippen LogP contribution in [0.5, 0.6) is 0 Å². The molecule has 1 atom stereocenters. The first-order chi connectivity index (χ1) is 9.24. The van der Waals surface area contributed by atoms with Crippen LogP contribution in [-0.2, 0) is 6.54 Å². The standard InChI is InChI=1S/C15H16N2OS/c1-10-7-17-15(19-10)11(2)16-8-12-9-18-14-6-4-3-5-13(12)14/h3-7,9,11,16H,8H2,1-2H3. The number of rotatable bonds is 4. The summed E-state index contributed by atoms with van der Waals surface area (Å²) in [6.45, 7) is 5.01. The molecule has 0 radical (unpaired) electrons. The van der Waals surface area contributed by atoms with Gasteiger partial charge >= 0.3 is 0 Å². The van der Waals surface area contributed by atoms with Crippen molar-refractivity contribution in [1.29, 1.82) is 0 Å². The Bertz CT molecular complexity index is 686. The maximum atomic E-state index is 5.54. The topological polar surface area (TPSA) is 38.1 Å². The third-order valence-corrected chi connectivity index (χ3v) is 4.26. The van der Waals surface area contributed by atoms with Crippen LogP contribution in [0.4, 0.5) is 0 Å². The fourth-order valence-electron chi connectivity index (χ4n) is 2.09. The molecular weight excluding hydrogens is 256 g/mol. The van der Waals surface area contributed by atoms with Crippen molar-refractivity contribution in [3.8, 4) is 0 Å². The summed E-state index contributed by atoms with van der Waals surface area (Å²) in [5, 5.41) is 5.80. The van der Waals surface area contributed by atoms with Crippen molar-refractivity contribution in [3.63, 3.8) is 0 Å². The number of hydrogen-bond donors (Lipinski definition) is 1. The Balaban J connectivity index is 1.72. The van der Waals surface area contributed by atoms with Gasteiger partial charge in [-0.15, -0.1) is 11.3 Å². The second-order valence-electron chi connectivity index (χ2n) is 4.67. The van der Waals surface area contributed by atoms with Crippen molar-refractivity contribution >= 4 is 22.3 Å². The lowest BCUT2D eigenvalue weighted by atomic mass is 10.1. The van der Waals surface area contributed by atoms with Crippen LogP contribution in [0.2, 0.25) is 0 Å². The van der Waals surface area contributed by atoms with E-state index in [2.05, 4.69) is 30.2 Å². The Morgan fingerprint density at radius 3 is 3.00 bits per heavy atom. The van der Waals surface area contributed by atoms with Gasteiger partial charge in [0.2, 0.25) is 0 Å². The van der Waals surface area contributed by atoms with Crippen LogP contribution < -0.4 is 5.32 Å². The molecule has 19 heavy (non-hydrogen) atoms. The number of aromatic nitrogens is 1. The van der Waals surface area contributed by atoms with Gasteiger partial charge in [-0.1, -0.05) is 18.2 Å². The number of fused-ring (bicyclic) bond motifs is 1. The molecule has 0 amide bonds. The van der Waals surface area contributed by atoms with E-state index < -0.39 is 0 Å². The lowest BCUT2D eigenvalue weighted by molar-refractivity contribution is 0.560.